The zero-order chi connectivity index (χ0) is 18.1. The average molecular weight is 370 g/mol. The molecular formula is C20H22N2O3S. The van der Waals surface area contributed by atoms with Crippen LogP contribution in [0.5, 0.6) is 0 Å². The van der Waals surface area contributed by atoms with Gasteiger partial charge < -0.3 is 9.80 Å². The molecule has 1 saturated heterocycles. The van der Waals surface area contributed by atoms with E-state index in [9.17, 15) is 13.2 Å². The maximum Gasteiger partial charge on any atom is 0.242 e. The van der Waals surface area contributed by atoms with Crippen molar-refractivity contribution in [3.63, 3.8) is 0 Å². The Morgan fingerprint density at radius 3 is 1.85 bits per heavy atom. The van der Waals surface area contributed by atoms with Crippen molar-refractivity contribution in [3.05, 3.63) is 48.5 Å². The fraction of sp³-hybridized carbons (Fsp3) is 0.350. The molecule has 0 saturated carbocycles. The highest BCUT2D eigenvalue weighted by Crippen LogP contribution is 2.43. The summed E-state index contributed by atoms with van der Waals surface area (Å²) < 4.78 is 25.9. The molecule has 0 atom stereocenters. The molecule has 0 aliphatic carbocycles. The largest absolute Gasteiger partial charge is 0.341 e. The summed E-state index contributed by atoms with van der Waals surface area (Å²) in [7, 11) is -3.57. The molecule has 0 unspecified atom stereocenters. The molecule has 4 rings (SSSR count). The predicted molar refractivity (Wildman–Crippen MR) is 100 cm³/mol. The van der Waals surface area contributed by atoms with E-state index in [1.165, 1.54) is 0 Å². The Kier molecular flexibility index (Phi) is 4.44. The molecule has 136 valence electrons. The standard InChI is InChI=1S/C20H22N2O3S/c23-20(21-13-7-1-2-8-14-21)15-22-16-9-3-5-11-18(16)26(24,25)19-12-6-4-10-17(19)22/h3-6,9-12H,1-2,7-8,13-15H2. The van der Waals surface area contributed by atoms with Gasteiger partial charge in [0.1, 0.15) is 6.54 Å². The van der Waals surface area contributed by atoms with Crippen LogP contribution in [-0.2, 0) is 14.6 Å². The van der Waals surface area contributed by atoms with E-state index in [1.54, 1.807) is 36.4 Å². The highest BCUT2D eigenvalue weighted by Gasteiger charge is 2.34. The molecule has 2 aromatic rings. The Labute approximate surface area is 154 Å². The van der Waals surface area contributed by atoms with Gasteiger partial charge in [0.2, 0.25) is 15.7 Å². The lowest BCUT2D eigenvalue weighted by molar-refractivity contribution is -0.129. The van der Waals surface area contributed by atoms with Crippen molar-refractivity contribution in [3.8, 4) is 0 Å². The average Bonchev–Trinajstić information content (AvgIpc) is 2.95. The number of amides is 1. The minimum absolute atomic E-state index is 0.0517. The molecule has 6 heteroatoms. The second kappa shape index (κ2) is 6.76. The number of para-hydroxylation sites is 2. The number of fused-ring (bicyclic) bond motifs is 2. The number of likely N-dealkylation sites (tertiary alicyclic amines) is 1. The first kappa shape index (κ1) is 17.1. The van der Waals surface area contributed by atoms with Crippen LogP contribution in [0.1, 0.15) is 25.7 Å². The molecule has 2 aromatic carbocycles. The number of nitrogens with zero attached hydrogens (tertiary/aromatic N) is 2. The van der Waals surface area contributed by atoms with Gasteiger partial charge in [0.15, 0.2) is 0 Å². The van der Waals surface area contributed by atoms with Gasteiger partial charge in [-0.3, -0.25) is 4.79 Å². The Balaban J connectivity index is 1.73. The van der Waals surface area contributed by atoms with Crippen molar-refractivity contribution >= 4 is 27.1 Å². The van der Waals surface area contributed by atoms with Gasteiger partial charge in [-0.1, -0.05) is 37.1 Å². The van der Waals surface area contributed by atoms with Crippen LogP contribution < -0.4 is 4.90 Å². The van der Waals surface area contributed by atoms with Gasteiger partial charge in [-0.05, 0) is 37.1 Å². The monoisotopic (exact) mass is 370 g/mol. The van der Waals surface area contributed by atoms with Crippen molar-refractivity contribution < 1.29 is 13.2 Å². The second-order valence-electron chi connectivity index (χ2n) is 6.82. The number of hydrogen-bond donors (Lipinski definition) is 0. The van der Waals surface area contributed by atoms with Crippen LogP contribution in [0, 0.1) is 0 Å². The van der Waals surface area contributed by atoms with Gasteiger partial charge in [-0.2, -0.15) is 0 Å². The van der Waals surface area contributed by atoms with Crippen molar-refractivity contribution in [2.75, 3.05) is 24.5 Å². The maximum absolute atomic E-state index is 13.0. The van der Waals surface area contributed by atoms with Gasteiger partial charge in [-0.15, -0.1) is 0 Å². The Bertz CT molecular complexity index is 878. The third-order valence-corrected chi connectivity index (χ3v) is 6.99. The summed E-state index contributed by atoms with van der Waals surface area (Å²) in [5.41, 5.74) is 1.16. The Morgan fingerprint density at radius 2 is 1.31 bits per heavy atom. The summed E-state index contributed by atoms with van der Waals surface area (Å²) in [5.74, 6) is 0.0517. The van der Waals surface area contributed by atoms with Gasteiger partial charge >= 0.3 is 0 Å². The molecule has 1 amide bonds. The van der Waals surface area contributed by atoms with E-state index < -0.39 is 9.84 Å². The third kappa shape index (κ3) is 2.88. The van der Waals surface area contributed by atoms with Crippen molar-refractivity contribution in [1.82, 2.24) is 4.90 Å². The lowest BCUT2D eigenvalue weighted by Gasteiger charge is -2.33. The van der Waals surface area contributed by atoms with E-state index in [-0.39, 0.29) is 22.2 Å². The van der Waals surface area contributed by atoms with Crippen LogP contribution >= 0.6 is 0 Å². The minimum atomic E-state index is -3.57. The molecule has 0 spiro atoms. The highest BCUT2D eigenvalue weighted by molar-refractivity contribution is 7.92. The van der Waals surface area contributed by atoms with Gasteiger partial charge in [-0.25, -0.2) is 8.42 Å². The fourth-order valence-corrected chi connectivity index (χ4v) is 5.45. The molecular weight excluding hydrogens is 348 g/mol. The van der Waals surface area contributed by atoms with Crippen molar-refractivity contribution in [1.29, 1.82) is 0 Å². The molecule has 2 aliphatic rings. The van der Waals surface area contributed by atoms with Crippen molar-refractivity contribution in [2.24, 2.45) is 0 Å². The van der Waals surface area contributed by atoms with Gasteiger partial charge in [0, 0.05) is 13.1 Å². The van der Waals surface area contributed by atoms with E-state index in [4.69, 9.17) is 0 Å². The van der Waals surface area contributed by atoms with E-state index in [0.717, 1.165) is 38.8 Å². The first-order valence-electron chi connectivity index (χ1n) is 9.07. The molecule has 1 fully saturated rings. The summed E-state index contributed by atoms with van der Waals surface area (Å²) in [6, 6.07) is 13.8. The first-order valence-corrected chi connectivity index (χ1v) is 10.6. The summed E-state index contributed by atoms with van der Waals surface area (Å²) >= 11 is 0. The van der Waals surface area contributed by atoms with E-state index in [1.807, 2.05) is 21.9 Å². The number of sulfone groups is 1. The molecule has 0 bridgehead atoms. The topological polar surface area (TPSA) is 57.7 Å². The first-order chi connectivity index (χ1) is 12.6. The molecule has 0 aromatic heterocycles. The Morgan fingerprint density at radius 1 is 0.808 bits per heavy atom. The predicted octanol–water partition coefficient (Wildman–Crippen LogP) is 3.37. The molecule has 5 nitrogen and oxygen atoms in total. The summed E-state index contributed by atoms with van der Waals surface area (Å²) in [6.45, 7) is 1.73. The number of rotatable bonds is 2. The molecule has 0 radical (unpaired) electrons. The van der Waals surface area contributed by atoms with Gasteiger partial charge in [0.25, 0.3) is 0 Å². The van der Waals surface area contributed by atoms with Crippen LogP contribution in [0.25, 0.3) is 0 Å². The number of benzene rings is 2. The van der Waals surface area contributed by atoms with E-state index >= 15 is 0 Å². The maximum atomic E-state index is 13.0. The number of carbonyl (C=O) groups is 1. The van der Waals surface area contributed by atoms with Crippen LogP contribution in [0.4, 0.5) is 11.4 Å². The minimum Gasteiger partial charge on any atom is -0.341 e. The lowest BCUT2D eigenvalue weighted by atomic mass is 10.2. The normalized spacial score (nSPS) is 18.6. The highest BCUT2D eigenvalue weighted by atomic mass is 32.2. The zero-order valence-electron chi connectivity index (χ0n) is 14.6. The van der Waals surface area contributed by atoms with Crippen LogP contribution in [0.15, 0.2) is 58.3 Å². The molecule has 0 N–H and O–H groups in total. The van der Waals surface area contributed by atoms with Crippen LogP contribution in [-0.4, -0.2) is 38.9 Å². The molecule has 26 heavy (non-hydrogen) atoms. The summed E-state index contributed by atoms with van der Waals surface area (Å²) in [4.78, 5) is 17.2. The number of hydrogen-bond acceptors (Lipinski definition) is 4. The number of carbonyl (C=O) groups excluding carboxylic acids is 1. The van der Waals surface area contributed by atoms with E-state index in [2.05, 4.69) is 0 Å². The third-order valence-electron chi connectivity index (χ3n) is 5.14. The smallest absolute Gasteiger partial charge is 0.242 e. The van der Waals surface area contributed by atoms with Crippen molar-refractivity contribution in [2.45, 2.75) is 35.5 Å². The molecule has 2 heterocycles. The lowest BCUT2D eigenvalue weighted by Crippen LogP contribution is -2.40. The summed E-state index contributed by atoms with van der Waals surface area (Å²) in [5, 5.41) is 0. The quantitative estimate of drug-likeness (QED) is 0.813. The van der Waals surface area contributed by atoms with Crippen LogP contribution in [0.2, 0.25) is 0 Å². The number of anilines is 2. The fourth-order valence-electron chi connectivity index (χ4n) is 3.79. The van der Waals surface area contributed by atoms with E-state index in [0.29, 0.717) is 11.4 Å². The second-order valence-corrected chi connectivity index (χ2v) is 8.71. The molecule has 2 aliphatic heterocycles. The zero-order valence-corrected chi connectivity index (χ0v) is 15.4. The van der Waals surface area contributed by atoms with Crippen LogP contribution in [0.3, 0.4) is 0 Å². The Hall–Kier alpha value is -2.34. The van der Waals surface area contributed by atoms with Gasteiger partial charge in [0.05, 0.1) is 21.2 Å². The summed E-state index contributed by atoms with van der Waals surface area (Å²) in [6.07, 6.45) is 4.40. The SMILES string of the molecule is O=C(CN1c2ccccc2S(=O)(=O)c2ccccc21)N1CCCCCC1.